The lowest BCUT2D eigenvalue weighted by Crippen LogP contribution is -2.28. The predicted molar refractivity (Wildman–Crippen MR) is 56.5 cm³/mol. The van der Waals surface area contributed by atoms with Crippen LogP contribution in [0.15, 0.2) is 18.3 Å². The van der Waals surface area contributed by atoms with Crippen molar-refractivity contribution in [1.29, 1.82) is 0 Å². The van der Waals surface area contributed by atoms with Crippen molar-refractivity contribution in [2.45, 2.75) is 37.6 Å². The molecule has 0 amide bonds. The smallest absolute Gasteiger partial charge is 0.391 e. The van der Waals surface area contributed by atoms with Gasteiger partial charge < -0.3 is 10.4 Å². The third kappa shape index (κ3) is 2.88. The quantitative estimate of drug-likeness (QED) is 0.842. The van der Waals surface area contributed by atoms with E-state index in [1.54, 1.807) is 0 Å². The second kappa shape index (κ2) is 4.52. The molecule has 1 aromatic heterocycles. The van der Waals surface area contributed by atoms with Crippen LogP contribution in [0.5, 0.6) is 0 Å². The van der Waals surface area contributed by atoms with Crippen molar-refractivity contribution in [3.05, 3.63) is 23.9 Å². The molecule has 17 heavy (non-hydrogen) atoms. The van der Waals surface area contributed by atoms with Gasteiger partial charge in [0.1, 0.15) is 5.82 Å². The molecule has 1 heterocycles. The van der Waals surface area contributed by atoms with Crippen LogP contribution in [0.25, 0.3) is 0 Å². The summed E-state index contributed by atoms with van der Waals surface area (Å²) in [4.78, 5) is 3.83. The van der Waals surface area contributed by atoms with Gasteiger partial charge in [-0.05, 0) is 31.4 Å². The van der Waals surface area contributed by atoms with Gasteiger partial charge in [-0.25, -0.2) is 4.98 Å². The van der Waals surface area contributed by atoms with E-state index in [-0.39, 0.29) is 11.9 Å². The number of nitrogens with zero attached hydrogens (tertiary/aromatic N) is 1. The van der Waals surface area contributed by atoms with E-state index in [9.17, 15) is 18.3 Å². The summed E-state index contributed by atoms with van der Waals surface area (Å²) >= 11 is 0. The molecule has 2 N–H and O–H groups in total. The Morgan fingerprint density at radius 1 is 1.35 bits per heavy atom. The van der Waals surface area contributed by atoms with Crippen LogP contribution >= 0.6 is 0 Å². The molecule has 94 valence electrons. The van der Waals surface area contributed by atoms with Gasteiger partial charge in [0.2, 0.25) is 0 Å². The first-order valence-corrected chi connectivity index (χ1v) is 5.44. The lowest BCUT2D eigenvalue weighted by atomic mass is 10.2. The summed E-state index contributed by atoms with van der Waals surface area (Å²) in [5.74, 6) is 0.158. The van der Waals surface area contributed by atoms with Gasteiger partial charge in [0.15, 0.2) is 0 Å². The standard InChI is InChI=1S/C11H13F3N2O/c12-11(13,14)7-4-5-15-10(6-7)16-8-2-1-3-9(8)17/h4-6,8-9,17H,1-3H2,(H,15,16)/t8-,9+/m1/s1. The maximum atomic E-state index is 12.5. The Labute approximate surface area is 96.7 Å². The van der Waals surface area contributed by atoms with Gasteiger partial charge in [-0.2, -0.15) is 13.2 Å². The van der Waals surface area contributed by atoms with Crippen LogP contribution in [0.3, 0.4) is 0 Å². The second-order valence-electron chi connectivity index (χ2n) is 4.18. The number of anilines is 1. The average Bonchev–Trinajstić information content (AvgIpc) is 2.64. The molecule has 1 fully saturated rings. The maximum absolute atomic E-state index is 12.5. The molecular formula is C11H13F3N2O. The number of aliphatic hydroxyl groups is 1. The fourth-order valence-electron chi connectivity index (χ4n) is 1.98. The number of aromatic nitrogens is 1. The Kier molecular flexibility index (Phi) is 3.24. The van der Waals surface area contributed by atoms with Gasteiger partial charge in [-0.1, -0.05) is 0 Å². The zero-order valence-electron chi connectivity index (χ0n) is 9.04. The number of pyridine rings is 1. The van der Waals surface area contributed by atoms with Crippen LogP contribution in [-0.2, 0) is 6.18 Å². The van der Waals surface area contributed by atoms with Crippen molar-refractivity contribution >= 4 is 5.82 Å². The van der Waals surface area contributed by atoms with E-state index in [4.69, 9.17) is 0 Å². The molecule has 2 atom stereocenters. The molecule has 0 saturated heterocycles. The third-order valence-corrected chi connectivity index (χ3v) is 2.90. The number of alkyl halides is 3. The van der Waals surface area contributed by atoms with Crippen molar-refractivity contribution in [3.8, 4) is 0 Å². The zero-order chi connectivity index (χ0) is 12.5. The third-order valence-electron chi connectivity index (χ3n) is 2.90. The van der Waals surface area contributed by atoms with Crippen molar-refractivity contribution < 1.29 is 18.3 Å². The zero-order valence-corrected chi connectivity index (χ0v) is 9.04. The normalized spacial score (nSPS) is 24.9. The number of aliphatic hydroxyl groups excluding tert-OH is 1. The van der Waals surface area contributed by atoms with Crippen molar-refractivity contribution in [3.63, 3.8) is 0 Å². The number of halogens is 3. The van der Waals surface area contributed by atoms with Gasteiger partial charge in [-0.3, -0.25) is 0 Å². The summed E-state index contributed by atoms with van der Waals surface area (Å²) in [5, 5.41) is 12.4. The lowest BCUT2D eigenvalue weighted by molar-refractivity contribution is -0.137. The van der Waals surface area contributed by atoms with E-state index in [0.29, 0.717) is 6.42 Å². The van der Waals surface area contributed by atoms with E-state index in [2.05, 4.69) is 10.3 Å². The van der Waals surface area contributed by atoms with Crippen LogP contribution in [0, 0.1) is 0 Å². The minimum absolute atomic E-state index is 0.158. The molecule has 6 heteroatoms. The highest BCUT2D eigenvalue weighted by Gasteiger charge is 2.31. The Morgan fingerprint density at radius 2 is 2.12 bits per heavy atom. The predicted octanol–water partition coefficient (Wildman–Crippen LogP) is 2.43. The summed E-state index contributed by atoms with van der Waals surface area (Å²) in [5.41, 5.74) is -0.734. The Hall–Kier alpha value is -1.30. The van der Waals surface area contributed by atoms with Crippen molar-refractivity contribution in [2.75, 3.05) is 5.32 Å². The van der Waals surface area contributed by atoms with Crippen molar-refractivity contribution in [2.24, 2.45) is 0 Å². The van der Waals surface area contributed by atoms with Gasteiger partial charge in [0, 0.05) is 6.20 Å². The van der Waals surface area contributed by atoms with E-state index in [0.717, 1.165) is 31.2 Å². The maximum Gasteiger partial charge on any atom is 0.416 e. The molecule has 1 aliphatic rings. The highest BCUT2D eigenvalue weighted by atomic mass is 19.4. The molecule has 2 rings (SSSR count). The molecule has 1 aliphatic carbocycles. The minimum Gasteiger partial charge on any atom is -0.391 e. The SMILES string of the molecule is O[C@H]1CCC[C@H]1Nc1cc(C(F)(F)F)ccn1. The molecule has 0 unspecified atom stereocenters. The van der Waals surface area contributed by atoms with Crippen molar-refractivity contribution in [1.82, 2.24) is 4.98 Å². The van der Waals surface area contributed by atoms with Gasteiger partial charge in [0.05, 0.1) is 17.7 Å². The molecule has 3 nitrogen and oxygen atoms in total. The highest BCUT2D eigenvalue weighted by Crippen LogP contribution is 2.30. The van der Waals surface area contributed by atoms with Crippen LogP contribution in [0.1, 0.15) is 24.8 Å². The highest BCUT2D eigenvalue weighted by molar-refractivity contribution is 5.40. The molecule has 1 aromatic rings. The molecule has 0 aliphatic heterocycles. The molecule has 0 spiro atoms. The molecule has 0 aromatic carbocycles. The first-order chi connectivity index (χ1) is 7.97. The minimum atomic E-state index is -4.37. The molecule has 0 bridgehead atoms. The van der Waals surface area contributed by atoms with E-state index < -0.39 is 17.8 Å². The summed E-state index contributed by atoms with van der Waals surface area (Å²) in [6.07, 6.45) is -1.46. The van der Waals surface area contributed by atoms with Crippen LogP contribution in [-0.4, -0.2) is 22.2 Å². The number of nitrogens with one attached hydrogen (secondary N) is 1. The topological polar surface area (TPSA) is 45.1 Å². The first kappa shape index (κ1) is 12.2. The van der Waals surface area contributed by atoms with Gasteiger partial charge in [-0.15, -0.1) is 0 Å². The van der Waals surface area contributed by atoms with E-state index in [1.165, 1.54) is 0 Å². The summed E-state index contributed by atoms with van der Waals surface area (Å²) in [7, 11) is 0. The summed E-state index contributed by atoms with van der Waals surface area (Å²) in [6, 6.07) is 1.69. The first-order valence-electron chi connectivity index (χ1n) is 5.44. The van der Waals surface area contributed by atoms with E-state index >= 15 is 0 Å². The fraction of sp³-hybridized carbons (Fsp3) is 0.545. The van der Waals surface area contributed by atoms with Gasteiger partial charge >= 0.3 is 6.18 Å². The number of hydrogen-bond acceptors (Lipinski definition) is 3. The molecule has 1 saturated carbocycles. The van der Waals surface area contributed by atoms with Crippen LogP contribution in [0.2, 0.25) is 0 Å². The van der Waals surface area contributed by atoms with E-state index in [1.807, 2.05) is 0 Å². The summed E-state index contributed by atoms with van der Waals surface area (Å²) in [6.45, 7) is 0. The monoisotopic (exact) mass is 246 g/mol. The average molecular weight is 246 g/mol. The number of rotatable bonds is 2. The lowest BCUT2D eigenvalue weighted by Gasteiger charge is -2.17. The fourth-order valence-corrected chi connectivity index (χ4v) is 1.98. The van der Waals surface area contributed by atoms with Crippen LogP contribution in [0.4, 0.5) is 19.0 Å². The van der Waals surface area contributed by atoms with Gasteiger partial charge in [0.25, 0.3) is 0 Å². The summed E-state index contributed by atoms with van der Waals surface area (Å²) < 4.78 is 37.4. The largest absolute Gasteiger partial charge is 0.416 e. The van der Waals surface area contributed by atoms with Crippen LogP contribution < -0.4 is 5.32 Å². The second-order valence-corrected chi connectivity index (χ2v) is 4.18. The Balaban J connectivity index is 2.11. The Morgan fingerprint density at radius 3 is 2.71 bits per heavy atom. The molecule has 0 radical (unpaired) electrons. The Bertz CT molecular complexity index is 395. The molecular weight excluding hydrogens is 233 g/mol. The number of hydrogen-bond donors (Lipinski definition) is 2.